The fourth-order valence-electron chi connectivity index (χ4n) is 2.11. The van der Waals surface area contributed by atoms with Crippen molar-refractivity contribution in [2.24, 2.45) is 5.73 Å². The van der Waals surface area contributed by atoms with Crippen molar-refractivity contribution < 1.29 is 4.39 Å². The molecule has 2 unspecified atom stereocenters. The second kappa shape index (κ2) is 4.14. The molecule has 2 atom stereocenters. The van der Waals surface area contributed by atoms with Crippen molar-refractivity contribution in [3.05, 3.63) is 34.6 Å². The number of aryl methyl sites for hydroxylation is 1. The second-order valence-electron chi connectivity index (χ2n) is 4.22. The number of nitrogens with two attached hydrogens (primary N) is 1. The molecule has 1 aromatic rings. The maximum atomic E-state index is 13.7. The van der Waals surface area contributed by atoms with E-state index in [0.717, 1.165) is 28.9 Å². The normalized spacial score (nSPS) is 25.9. The Hall–Kier alpha value is -0.540. The molecule has 1 nitrogen and oxygen atoms in total. The van der Waals surface area contributed by atoms with Crippen molar-refractivity contribution in [2.75, 3.05) is 0 Å². The van der Waals surface area contributed by atoms with Crippen molar-refractivity contribution in [1.82, 2.24) is 0 Å². The third-order valence-corrected chi connectivity index (χ3v) is 4.22. The quantitative estimate of drug-likeness (QED) is 0.734. The van der Waals surface area contributed by atoms with Crippen molar-refractivity contribution in [2.45, 2.75) is 37.3 Å². The topological polar surface area (TPSA) is 26.0 Å². The SMILES string of the molecule is Cc1ccc(F)c2c1CSC(C)CC2N. The number of hydrogen-bond donors (Lipinski definition) is 1. The summed E-state index contributed by atoms with van der Waals surface area (Å²) < 4.78 is 13.7. The van der Waals surface area contributed by atoms with E-state index in [0.29, 0.717) is 5.25 Å². The zero-order chi connectivity index (χ0) is 11.0. The van der Waals surface area contributed by atoms with Crippen LogP contribution in [0.15, 0.2) is 12.1 Å². The second-order valence-corrected chi connectivity index (χ2v) is 5.65. The molecule has 1 heterocycles. The highest BCUT2D eigenvalue weighted by atomic mass is 32.2. The van der Waals surface area contributed by atoms with E-state index in [-0.39, 0.29) is 11.9 Å². The molecule has 1 aliphatic rings. The minimum Gasteiger partial charge on any atom is -0.324 e. The lowest BCUT2D eigenvalue weighted by molar-refractivity contribution is 0.562. The predicted molar refractivity (Wildman–Crippen MR) is 63.4 cm³/mol. The van der Waals surface area contributed by atoms with Crippen molar-refractivity contribution in [3.8, 4) is 0 Å². The number of thioether (sulfide) groups is 1. The number of hydrogen-bond acceptors (Lipinski definition) is 2. The van der Waals surface area contributed by atoms with E-state index in [4.69, 9.17) is 5.73 Å². The first kappa shape index (κ1) is 11.0. The smallest absolute Gasteiger partial charge is 0.128 e. The monoisotopic (exact) mass is 225 g/mol. The van der Waals surface area contributed by atoms with Gasteiger partial charge >= 0.3 is 0 Å². The first-order valence-corrected chi connectivity index (χ1v) is 6.29. The molecular formula is C12H16FNS. The van der Waals surface area contributed by atoms with Gasteiger partial charge in [0.05, 0.1) is 0 Å². The van der Waals surface area contributed by atoms with Crippen molar-refractivity contribution >= 4 is 11.8 Å². The van der Waals surface area contributed by atoms with E-state index in [1.165, 1.54) is 6.07 Å². The van der Waals surface area contributed by atoms with Crippen molar-refractivity contribution in [1.29, 1.82) is 0 Å². The lowest BCUT2D eigenvalue weighted by Gasteiger charge is -2.15. The summed E-state index contributed by atoms with van der Waals surface area (Å²) in [5.74, 6) is 0.742. The standard InChI is InChI=1S/C12H16FNS/c1-7-3-4-10(13)12-9(7)6-15-8(2)5-11(12)14/h3-4,8,11H,5-6,14H2,1-2H3. The van der Waals surface area contributed by atoms with Crippen LogP contribution in [0.5, 0.6) is 0 Å². The summed E-state index contributed by atoms with van der Waals surface area (Å²) in [5, 5.41) is 0.506. The largest absolute Gasteiger partial charge is 0.324 e. The Morgan fingerprint density at radius 3 is 2.93 bits per heavy atom. The van der Waals surface area contributed by atoms with Gasteiger partial charge in [0.15, 0.2) is 0 Å². The Kier molecular flexibility index (Phi) is 3.03. The minimum absolute atomic E-state index is 0.141. The molecule has 1 aliphatic heterocycles. The van der Waals surface area contributed by atoms with Crippen LogP contribution in [0, 0.1) is 12.7 Å². The maximum Gasteiger partial charge on any atom is 0.128 e. The molecule has 15 heavy (non-hydrogen) atoms. The van der Waals surface area contributed by atoms with Crippen LogP contribution >= 0.6 is 11.8 Å². The summed E-state index contributed by atoms with van der Waals surface area (Å²) in [6.45, 7) is 4.19. The summed E-state index contributed by atoms with van der Waals surface area (Å²) in [7, 11) is 0. The van der Waals surface area contributed by atoms with Gasteiger partial charge in [-0.1, -0.05) is 13.0 Å². The molecule has 0 aromatic heterocycles. The van der Waals surface area contributed by atoms with Crippen LogP contribution < -0.4 is 5.73 Å². The minimum atomic E-state index is -0.148. The van der Waals surface area contributed by atoms with E-state index in [2.05, 4.69) is 6.92 Å². The lowest BCUT2D eigenvalue weighted by atomic mass is 9.95. The van der Waals surface area contributed by atoms with E-state index < -0.39 is 0 Å². The number of rotatable bonds is 0. The van der Waals surface area contributed by atoms with Crippen LogP contribution in [0.2, 0.25) is 0 Å². The summed E-state index contributed by atoms with van der Waals surface area (Å²) in [4.78, 5) is 0. The third-order valence-electron chi connectivity index (χ3n) is 3.01. The van der Waals surface area contributed by atoms with Crippen LogP contribution in [0.25, 0.3) is 0 Å². The third kappa shape index (κ3) is 2.04. The van der Waals surface area contributed by atoms with E-state index >= 15 is 0 Å². The molecule has 0 saturated carbocycles. The van der Waals surface area contributed by atoms with Gasteiger partial charge in [0.25, 0.3) is 0 Å². The Balaban J connectivity index is 2.52. The summed E-state index contributed by atoms with van der Waals surface area (Å²) in [6, 6.07) is 3.23. The van der Waals surface area contributed by atoms with E-state index in [1.807, 2.05) is 24.8 Å². The van der Waals surface area contributed by atoms with Gasteiger partial charge in [0, 0.05) is 22.6 Å². The maximum absolute atomic E-state index is 13.7. The van der Waals surface area contributed by atoms with Crippen LogP contribution in [-0.4, -0.2) is 5.25 Å². The Labute approximate surface area is 94.2 Å². The van der Waals surface area contributed by atoms with E-state index in [1.54, 1.807) is 0 Å². The molecule has 0 aliphatic carbocycles. The molecule has 0 spiro atoms. The molecule has 0 saturated heterocycles. The average molecular weight is 225 g/mol. The highest BCUT2D eigenvalue weighted by Crippen LogP contribution is 2.36. The fraction of sp³-hybridized carbons (Fsp3) is 0.500. The first-order valence-electron chi connectivity index (χ1n) is 5.24. The average Bonchev–Trinajstić information content (AvgIpc) is 2.32. The Morgan fingerprint density at radius 1 is 1.47 bits per heavy atom. The molecule has 82 valence electrons. The number of halogens is 1. The Bertz CT molecular complexity index is 378. The molecule has 3 heteroatoms. The molecule has 2 rings (SSSR count). The molecule has 1 aromatic carbocycles. The van der Waals surface area contributed by atoms with Crippen LogP contribution in [0.4, 0.5) is 4.39 Å². The fourth-order valence-corrected chi connectivity index (χ4v) is 3.28. The van der Waals surface area contributed by atoms with Gasteiger partial charge in [-0.05, 0) is 30.5 Å². The number of benzene rings is 1. The van der Waals surface area contributed by atoms with Gasteiger partial charge in [-0.15, -0.1) is 0 Å². The van der Waals surface area contributed by atoms with Gasteiger partial charge in [-0.2, -0.15) is 11.8 Å². The molecule has 0 fully saturated rings. The summed E-state index contributed by atoms with van der Waals surface area (Å²) >= 11 is 1.86. The first-order chi connectivity index (χ1) is 7.09. The van der Waals surface area contributed by atoms with Gasteiger partial charge in [-0.25, -0.2) is 4.39 Å². The molecule has 0 amide bonds. The Morgan fingerprint density at radius 2 is 2.20 bits per heavy atom. The predicted octanol–water partition coefficient (Wildman–Crippen LogP) is 3.16. The highest BCUT2D eigenvalue weighted by molar-refractivity contribution is 7.99. The summed E-state index contributed by atoms with van der Waals surface area (Å²) in [5.41, 5.74) is 9.06. The molecule has 2 N–H and O–H groups in total. The van der Waals surface area contributed by atoms with Crippen molar-refractivity contribution in [3.63, 3.8) is 0 Å². The zero-order valence-corrected chi connectivity index (χ0v) is 9.90. The number of fused-ring (bicyclic) bond motifs is 1. The van der Waals surface area contributed by atoms with Gasteiger partial charge in [0.1, 0.15) is 5.82 Å². The van der Waals surface area contributed by atoms with Crippen LogP contribution in [-0.2, 0) is 5.75 Å². The molecule has 0 radical (unpaired) electrons. The van der Waals surface area contributed by atoms with Gasteiger partial charge < -0.3 is 5.73 Å². The summed E-state index contributed by atoms with van der Waals surface area (Å²) in [6.07, 6.45) is 0.859. The molecular weight excluding hydrogens is 209 g/mol. The zero-order valence-electron chi connectivity index (χ0n) is 9.09. The van der Waals surface area contributed by atoms with Crippen LogP contribution in [0.1, 0.15) is 36.1 Å². The molecule has 0 bridgehead atoms. The van der Waals surface area contributed by atoms with E-state index in [9.17, 15) is 4.39 Å². The van der Waals surface area contributed by atoms with Crippen LogP contribution in [0.3, 0.4) is 0 Å². The lowest BCUT2D eigenvalue weighted by Crippen LogP contribution is -2.16. The van der Waals surface area contributed by atoms with Gasteiger partial charge in [0.2, 0.25) is 0 Å². The van der Waals surface area contributed by atoms with Gasteiger partial charge in [-0.3, -0.25) is 0 Å². The highest BCUT2D eigenvalue weighted by Gasteiger charge is 2.23.